The van der Waals surface area contributed by atoms with Crippen molar-refractivity contribution in [3.8, 4) is 0 Å². The largest absolute Gasteiger partial charge is 0.267 e. The SMILES string of the molecule is O=S(=O)(CCc1ccccc1)Nc1ccccn1. The van der Waals surface area contributed by atoms with Crippen LogP contribution in [0.4, 0.5) is 5.82 Å². The van der Waals surface area contributed by atoms with Gasteiger partial charge in [0.15, 0.2) is 0 Å². The lowest BCUT2D eigenvalue weighted by atomic mass is 10.2. The molecule has 0 bridgehead atoms. The third kappa shape index (κ3) is 3.85. The van der Waals surface area contributed by atoms with Gasteiger partial charge in [-0.25, -0.2) is 13.4 Å². The monoisotopic (exact) mass is 262 g/mol. The van der Waals surface area contributed by atoms with E-state index in [1.54, 1.807) is 24.4 Å². The summed E-state index contributed by atoms with van der Waals surface area (Å²) in [5, 5.41) is 0. The Kier molecular flexibility index (Phi) is 3.94. The van der Waals surface area contributed by atoms with Crippen molar-refractivity contribution in [2.45, 2.75) is 6.42 Å². The number of nitrogens with zero attached hydrogens (tertiary/aromatic N) is 1. The fraction of sp³-hybridized carbons (Fsp3) is 0.154. The molecule has 0 atom stereocenters. The van der Waals surface area contributed by atoms with Crippen LogP contribution in [-0.2, 0) is 16.4 Å². The van der Waals surface area contributed by atoms with Crippen molar-refractivity contribution in [2.24, 2.45) is 0 Å². The van der Waals surface area contributed by atoms with Crippen LogP contribution in [0.2, 0.25) is 0 Å². The quantitative estimate of drug-likeness (QED) is 0.897. The van der Waals surface area contributed by atoms with Crippen LogP contribution in [0.3, 0.4) is 0 Å². The highest BCUT2D eigenvalue weighted by Gasteiger charge is 2.10. The van der Waals surface area contributed by atoms with Crippen LogP contribution in [0.25, 0.3) is 0 Å². The van der Waals surface area contributed by atoms with Crippen molar-refractivity contribution < 1.29 is 8.42 Å². The van der Waals surface area contributed by atoms with E-state index in [1.165, 1.54) is 0 Å². The summed E-state index contributed by atoms with van der Waals surface area (Å²) in [6.07, 6.45) is 2.04. The molecule has 2 aromatic rings. The maximum absolute atomic E-state index is 11.8. The summed E-state index contributed by atoms with van der Waals surface area (Å²) in [5.41, 5.74) is 1.00. The summed E-state index contributed by atoms with van der Waals surface area (Å²) in [7, 11) is -3.35. The number of hydrogen-bond donors (Lipinski definition) is 1. The summed E-state index contributed by atoms with van der Waals surface area (Å²) in [5.74, 6) is 0.402. The van der Waals surface area contributed by atoms with Crippen molar-refractivity contribution >= 4 is 15.8 Å². The van der Waals surface area contributed by atoms with Crippen LogP contribution in [0.5, 0.6) is 0 Å². The summed E-state index contributed by atoms with van der Waals surface area (Å²) in [4.78, 5) is 3.93. The van der Waals surface area contributed by atoms with E-state index in [2.05, 4.69) is 9.71 Å². The molecular weight excluding hydrogens is 248 g/mol. The molecule has 0 fully saturated rings. The average Bonchev–Trinajstić information content (AvgIpc) is 2.38. The zero-order valence-electron chi connectivity index (χ0n) is 9.78. The molecule has 1 N–H and O–H groups in total. The Balaban J connectivity index is 1.96. The molecule has 18 heavy (non-hydrogen) atoms. The molecule has 1 aromatic heterocycles. The molecule has 4 nitrogen and oxygen atoms in total. The van der Waals surface area contributed by atoms with Gasteiger partial charge >= 0.3 is 0 Å². The number of sulfonamides is 1. The number of anilines is 1. The second-order valence-electron chi connectivity index (χ2n) is 3.87. The van der Waals surface area contributed by atoms with Gasteiger partial charge in [0.1, 0.15) is 5.82 Å². The Hall–Kier alpha value is -1.88. The number of nitrogens with one attached hydrogen (secondary N) is 1. The van der Waals surface area contributed by atoms with E-state index < -0.39 is 10.0 Å². The predicted octanol–water partition coefficient (Wildman–Crippen LogP) is 2.07. The van der Waals surface area contributed by atoms with Crippen molar-refractivity contribution in [1.82, 2.24) is 4.98 Å². The van der Waals surface area contributed by atoms with Crippen LogP contribution in [0, 0.1) is 0 Å². The van der Waals surface area contributed by atoms with Crippen LogP contribution in [0.15, 0.2) is 54.7 Å². The second-order valence-corrected chi connectivity index (χ2v) is 5.71. The van der Waals surface area contributed by atoms with Crippen molar-refractivity contribution in [2.75, 3.05) is 10.5 Å². The molecule has 1 heterocycles. The van der Waals surface area contributed by atoms with Crippen molar-refractivity contribution in [3.63, 3.8) is 0 Å². The molecule has 0 aliphatic heterocycles. The third-order valence-electron chi connectivity index (χ3n) is 2.43. The fourth-order valence-corrected chi connectivity index (χ4v) is 2.58. The molecule has 5 heteroatoms. The Labute approximate surface area is 107 Å². The minimum absolute atomic E-state index is 0.0492. The highest BCUT2D eigenvalue weighted by molar-refractivity contribution is 7.92. The van der Waals surface area contributed by atoms with Gasteiger partial charge in [0.25, 0.3) is 0 Å². The minimum Gasteiger partial charge on any atom is -0.267 e. The summed E-state index contributed by atoms with van der Waals surface area (Å²) in [6.45, 7) is 0. The van der Waals surface area contributed by atoms with Gasteiger partial charge in [-0.05, 0) is 24.1 Å². The lowest BCUT2D eigenvalue weighted by Crippen LogP contribution is -2.18. The molecule has 0 saturated heterocycles. The van der Waals surface area contributed by atoms with Gasteiger partial charge in [-0.15, -0.1) is 0 Å². The second kappa shape index (κ2) is 5.64. The summed E-state index contributed by atoms with van der Waals surface area (Å²) in [6, 6.07) is 14.6. The van der Waals surface area contributed by atoms with E-state index in [4.69, 9.17) is 0 Å². The van der Waals surface area contributed by atoms with Crippen LogP contribution in [-0.4, -0.2) is 19.2 Å². The summed E-state index contributed by atoms with van der Waals surface area (Å²) >= 11 is 0. The first-order valence-corrected chi connectivity index (χ1v) is 7.26. The van der Waals surface area contributed by atoms with E-state index in [0.717, 1.165) is 5.56 Å². The van der Waals surface area contributed by atoms with Crippen LogP contribution < -0.4 is 4.72 Å². The molecule has 1 aromatic carbocycles. The Morgan fingerprint density at radius 3 is 2.39 bits per heavy atom. The molecule has 0 unspecified atom stereocenters. The number of aryl methyl sites for hydroxylation is 1. The van der Waals surface area contributed by atoms with Gasteiger partial charge in [-0.2, -0.15) is 0 Å². The van der Waals surface area contributed by atoms with Crippen molar-refractivity contribution in [3.05, 3.63) is 60.3 Å². The molecule has 2 rings (SSSR count). The van der Waals surface area contributed by atoms with Gasteiger partial charge < -0.3 is 0 Å². The van der Waals surface area contributed by atoms with Gasteiger partial charge in [0, 0.05) is 6.20 Å². The molecule has 0 amide bonds. The van der Waals surface area contributed by atoms with E-state index in [0.29, 0.717) is 12.2 Å². The predicted molar refractivity (Wildman–Crippen MR) is 71.8 cm³/mol. The molecular formula is C13H14N2O2S. The summed E-state index contributed by atoms with van der Waals surface area (Å²) < 4.78 is 26.1. The topological polar surface area (TPSA) is 59.1 Å². The smallest absolute Gasteiger partial charge is 0.234 e. The van der Waals surface area contributed by atoms with Crippen LogP contribution >= 0.6 is 0 Å². The van der Waals surface area contributed by atoms with E-state index in [-0.39, 0.29) is 5.75 Å². The normalized spacial score (nSPS) is 11.1. The first kappa shape index (κ1) is 12.6. The van der Waals surface area contributed by atoms with Gasteiger partial charge in [0.05, 0.1) is 5.75 Å². The molecule has 0 aliphatic rings. The van der Waals surface area contributed by atoms with Crippen molar-refractivity contribution in [1.29, 1.82) is 0 Å². The molecule has 0 aliphatic carbocycles. The van der Waals surface area contributed by atoms with Gasteiger partial charge in [-0.1, -0.05) is 36.4 Å². The maximum atomic E-state index is 11.8. The first-order chi connectivity index (χ1) is 8.66. The Bertz CT molecular complexity index is 583. The Morgan fingerprint density at radius 1 is 1.00 bits per heavy atom. The first-order valence-electron chi connectivity index (χ1n) is 5.61. The van der Waals surface area contributed by atoms with Gasteiger partial charge in [-0.3, -0.25) is 4.72 Å². The average molecular weight is 262 g/mol. The zero-order valence-corrected chi connectivity index (χ0v) is 10.6. The number of pyridine rings is 1. The van der Waals surface area contributed by atoms with E-state index in [1.807, 2.05) is 30.3 Å². The zero-order chi connectivity index (χ0) is 12.8. The fourth-order valence-electron chi connectivity index (χ4n) is 1.53. The lowest BCUT2D eigenvalue weighted by molar-refractivity contribution is 0.600. The van der Waals surface area contributed by atoms with E-state index in [9.17, 15) is 8.42 Å². The molecule has 0 saturated carbocycles. The third-order valence-corrected chi connectivity index (χ3v) is 3.69. The van der Waals surface area contributed by atoms with Gasteiger partial charge in [0.2, 0.25) is 10.0 Å². The Morgan fingerprint density at radius 2 is 1.72 bits per heavy atom. The number of benzene rings is 1. The molecule has 94 valence electrons. The number of aromatic nitrogens is 1. The highest BCUT2D eigenvalue weighted by Crippen LogP contribution is 2.06. The number of rotatable bonds is 5. The molecule has 0 spiro atoms. The number of hydrogen-bond acceptors (Lipinski definition) is 3. The van der Waals surface area contributed by atoms with Crippen LogP contribution in [0.1, 0.15) is 5.56 Å². The van der Waals surface area contributed by atoms with E-state index >= 15 is 0 Å². The lowest BCUT2D eigenvalue weighted by Gasteiger charge is -2.06. The molecule has 0 radical (unpaired) electrons. The highest BCUT2D eigenvalue weighted by atomic mass is 32.2. The standard InChI is InChI=1S/C13H14N2O2S/c16-18(17,15-13-8-4-5-10-14-13)11-9-12-6-2-1-3-7-12/h1-8,10H,9,11H2,(H,14,15). The maximum Gasteiger partial charge on any atom is 0.234 e. The minimum atomic E-state index is -3.35.